The first-order valence-electron chi connectivity index (χ1n) is 21.3. The van der Waals surface area contributed by atoms with E-state index >= 15 is 0 Å². The molecule has 3 N–H and O–H groups in total. The van der Waals surface area contributed by atoms with Gasteiger partial charge in [0, 0.05) is 43.8 Å². The molecule has 4 aromatic rings. The highest BCUT2D eigenvalue weighted by atomic mass is 32.2. The van der Waals surface area contributed by atoms with Gasteiger partial charge < -0.3 is 33.7 Å². The Bertz CT molecular complexity index is 2920. The van der Waals surface area contributed by atoms with E-state index in [1.165, 1.54) is 31.4 Å². The number of halogens is 3. The van der Waals surface area contributed by atoms with Crippen LogP contribution in [0.5, 0.6) is 11.5 Å². The number of ketones is 3. The summed E-state index contributed by atoms with van der Waals surface area (Å²) < 4.78 is 89.4. The number of carbonyl (C=O) groups is 5. The fraction of sp³-hybridized carbons (Fsp3) is 0.400. The number of nitro benzene ring substituents is 1. The van der Waals surface area contributed by atoms with Gasteiger partial charge in [-0.3, -0.25) is 44.0 Å². The lowest BCUT2D eigenvalue weighted by molar-refractivity contribution is -0.385. The lowest BCUT2D eigenvalue weighted by atomic mass is 9.81. The van der Waals surface area contributed by atoms with Crippen molar-refractivity contribution in [1.82, 2.24) is 14.5 Å². The number of benzene rings is 3. The molecule has 0 bridgehead atoms. The van der Waals surface area contributed by atoms with Crippen LogP contribution in [-0.4, -0.2) is 113 Å². The van der Waals surface area contributed by atoms with Crippen LogP contribution >= 0.6 is 7.60 Å². The minimum Gasteiger partial charge on any atom is -0.778 e. The normalized spacial score (nSPS) is 13.9. The highest BCUT2D eigenvalue weighted by Crippen LogP contribution is 2.30. The van der Waals surface area contributed by atoms with E-state index in [-0.39, 0.29) is 30.0 Å². The Balaban J connectivity index is 0.000000418. The lowest BCUT2D eigenvalue weighted by Gasteiger charge is -2.18. The van der Waals surface area contributed by atoms with Crippen LogP contribution in [0.2, 0.25) is 0 Å². The Morgan fingerprint density at radius 1 is 0.986 bits per heavy atom. The Morgan fingerprint density at radius 3 is 2.04 bits per heavy atom. The van der Waals surface area contributed by atoms with Crippen LogP contribution in [0.3, 0.4) is 0 Å². The van der Waals surface area contributed by atoms with Gasteiger partial charge in [0.05, 0.1) is 59.8 Å². The summed E-state index contributed by atoms with van der Waals surface area (Å²) in [4.78, 5) is 110. The number of nitrogens with one attached hydrogen (secondary N) is 1. The maximum atomic E-state index is 13.1. The molecule has 1 fully saturated rings. The molecule has 1 aliphatic rings. The quantitative estimate of drug-likeness (QED) is 0.0275. The van der Waals surface area contributed by atoms with Gasteiger partial charge in [-0.05, 0) is 78.7 Å². The van der Waals surface area contributed by atoms with Gasteiger partial charge in [0.15, 0.2) is 33.3 Å². The molecule has 5 rings (SSSR count). The summed E-state index contributed by atoms with van der Waals surface area (Å²) in [6, 6.07) is 14.5. The van der Waals surface area contributed by atoms with Crippen molar-refractivity contribution < 1.29 is 84.2 Å². The zero-order valence-corrected chi connectivity index (χ0v) is 43.1. The fourth-order valence-corrected chi connectivity index (χ4v) is 7.23. The van der Waals surface area contributed by atoms with E-state index in [0.717, 1.165) is 43.5 Å². The van der Waals surface area contributed by atoms with Gasteiger partial charge in [0.1, 0.15) is 37.3 Å². The van der Waals surface area contributed by atoms with Gasteiger partial charge in [-0.1, -0.05) is 19.1 Å². The predicted octanol–water partition coefficient (Wildman–Crippen LogP) is 3.41. The summed E-state index contributed by atoms with van der Waals surface area (Å²) >= 11 is 0. The van der Waals surface area contributed by atoms with Crippen LogP contribution in [0.4, 0.5) is 18.9 Å². The summed E-state index contributed by atoms with van der Waals surface area (Å²) in [5, 5.41) is 21.1. The first-order chi connectivity index (χ1) is 33.7. The number of nitro groups is 1. The van der Waals surface area contributed by atoms with E-state index in [4.69, 9.17) is 24.2 Å². The average molecular weight is 1090 g/mol. The number of ether oxygens (including phenoxy) is 3. The Hall–Kier alpha value is -6.51. The molecule has 1 heterocycles. The van der Waals surface area contributed by atoms with E-state index in [2.05, 4.69) is 18.8 Å². The van der Waals surface area contributed by atoms with Gasteiger partial charge in [-0.25, -0.2) is 22.6 Å². The molecule has 2 unspecified atom stereocenters. The van der Waals surface area contributed by atoms with Gasteiger partial charge in [0.2, 0.25) is 0 Å². The number of Topliss-reactive ketones (excluding diaryl/α,β-unsaturated/α-hetero) is 3. The molecule has 0 aliphatic heterocycles. The fourth-order valence-electron chi connectivity index (χ4n) is 6.20. The number of hydrogen-bond donors (Lipinski definition) is 3. The van der Waals surface area contributed by atoms with Crippen molar-refractivity contribution in [1.29, 1.82) is 0 Å². The number of hydrogen-bond acceptors (Lipinski definition) is 17. The molecule has 1 saturated carbocycles. The van der Waals surface area contributed by atoms with Crippen LogP contribution in [-0.2, 0) is 75.5 Å². The summed E-state index contributed by atoms with van der Waals surface area (Å²) in [6.45, 7) is 3.15. The second-order valence-corrected chi connectivity index (χ2v) is 22.1. The minimum absolute atomic E-state index is 0.0668. The number of carboxylic acids is 1. The summed E-state index contributed by atoms with van der Waals surface area (Å²) in [5.41, 5.74) is -2.97. The number of carboxylic acid groups (broad SMARTS) is 1. The maximum Gasteiger partial charge on any atom is 0.431 e. The summed E-state index contributed by atoms with van der Waals surface area (Å²) in [7, 11) is -5.19. The Kier molecular flexibility index (Phi) is 23.6. The number of aliphatic carboxylic acids is 1. The SMILES string of the molecule is CCc1ccc(COc2ccc(-n3c(=O)cc(C(F)(F)F)n(C)c3=O)cc2)c(OC(C)C(=O)OC)c1.CS(=O)(=O)c1ccc(C(=O)C2C(=O)CCCC2=O)c([N+](=O)[O-])c1.C[S+](C)C.O=C(O)CNCP(=O)([O-])O. The molecular formula is C45H54F3N4O18PS2. The molecule has 73 heavy (non-hydrogen) atoms. The second-order valence-electron chi connectivity index (χ2n) is 16.0. The number of alkyl halides is 3. The molecule has 1 aliphatic carbocycles. The third-order valence-corrected chi connectivity index (χ3v) is 11.4. The van der Waals surface area contributed by atoms with Crippen molar-refractivity contribution in [2.45, 2.75) is 63.3 Å². The molecule has 0 amide bonds. The van der Waals surface area contributed by atoms with Crippen molar-refractivity contribution in [3.8, 4) is 17.2 Å². The topological polar surface area (TPSA) is 327 Å². The van der Waals surface area contributed by atoms with Crippen LogP contribution in [0.25, 0.3) is 5.69 Å². The number of aryl methyl sites for hydroxylation is 1. The number of aromatic nitrogens is 2. The Labute approximate surface area is 419 Å². The van der Waals surface area contributed by atoms with Crippen LogP contribution in [0, 0.1) is 16.0 Å². The molecule has 3 aromatic carbocycles. The van der Waals surface area contributed by atoms with Crippen LogP contribution < -0.4 is 30.9 Å². The first kappa shape index (κ1) is 62.6. The minimum atomic E-state index is -4.84. The molecule has 0 radical (unpaired) electrons. The van der Waals surface area contributed by atoms with E-state index in [0.29, 0.717) is 49.6 Å². The third-order valence-electron chi connectivity index (χ3n) is 9.68. The van der Waals surface area contributed by atoms with Gasteiger partial charge in [-0.2, -0.15) is 13.2 Å². The van der Waals surface area contributed by atoms with Gasteiger partial charge >= 0.3 is 23.8 Å². The molecule has 1 aromatic heterocycles. The monoisotopic (exact) mass is 1090 g/mol. The molecule has 22 nitrogen and oxygen atoms in total. The molecule has 2 atom stereocenters. The van der Waals surface area contributed by atoms with E-state index in [1.54, 1.807) is 6.92 Å². The number of sulfone groups is 1. The zero-order chi connectivity index (χ0) is 55.8. The van der Waals surface area contributed by atoms with E-state index in [9.17, 15) is 74.7 Å². The predicted molar refractivity (Wildman–Crippen MR) is 258 cm³/mol. The van der Waals surface area contributed by atoms with Crippen molar-refractivity contribution in [3.05, 3.63) is 120 Å². The maximum absolute atomic E-state index is 13.1. The van der Waals surface area contributed by atoms with Crippen molar-refractivity contribution in [2.75, 3.05) is 45.0 Å². The summed E-state index contributed by atoms with van der Waals surface area (Å²) in [5.74, 6) is -4.47. The largest absolute Gasteiger partial charge is 0.778 e. The molecule has 28 heteroatoms. The second kappa shape index (κ2) is 27.5. The number of carbonyl (C=O) groups excluding carboxylic acids is 4. The first-order valence-corrected chi connectivity index (χ1v) is 27.4. The number of nitrogens with zero attached hydrogens (tertiary/aromatic N) is 3. The molecule has 0 saturated heterocycles. The number of rotatable bonds is 16. The zero-order valence-electron chi connectivity index (χ0n) is 40.6. The Morgan fingerprint density at radius 2 is 1.56 bits per heavy atom. The smallest absolute Gasteiger partial charge is 0.431 e. The van der Waals surface area contributed by atoms with E-state index in [1.807, 2.05) is 30.4 Å². The van der Waals surface area contributed by atoms with E-state index < -0.39 is 111 Å². The number of esters is 1. The standard InChI is InChI=1S/C25H25F3N2O6.C14H13NO7S.C3H8NO5P.C3H9S/c1-5-16-6-7-17(20(12-16)36-15(2)23(32)34-4)14-35-19-10-8-18(9-11-19)30-22(31)13-21(25(26,27)28)29(3)24(30)33;1-23(21,22)8-5-6-9(10(7-8)15(19)20)14(18)13-11(16)3-2-4-12(13)17;5-3(6)1-4-2-10(7,8)9;1-4(2)3/h6-13,15H,5,14H2,1-4H3;5-7,13H,2-4H2,1H3;4H,1-2H2,(H,5,6)(H2,7,8,9);1-3H3/q;;;+1/p-1. The van der Waals surface area contributed by atoms with Crippen LogP contribution in [0.1, 0.15) is 60.3 Å². The lowest BCUT2D eigenvalue weighted by Crippen LogP contribution is -2.40. The van der Waals surface area contributed by atoms with Crippen molar-refractivity contribution in [2.24, 2.45) is 13.0 Å². The van der Waals surface area contributed by atoms with Crippen molar-refractivity contribution in [3.63, 3.8) is 0 Å². The highest BCUT2D eigenvalue weighted by Gasteiger charge is 2.39. The third kappa shape index (κ3) is 19.8. The molecular weight excluding hydrogens is 1040 g/mol. The highest BCUT2D eigenvalue weighted by molar-refractivity contribution is 7.94. The van der Waals surface area contributed by atoms with Crippen molar-refractivity contribution >= 4 is 63.3 Å². The molecule has 0 spiro atoms. The summed E-state index contributed by atoms with van der Waals surface area (Å²) in [6.07, 6.45) is 2.33. The van der Waals surface area contributed by atoms with Gasteiger partial charge in [0.25, 0.3) is 11.2 Å². The van der Waals surface area contributed by atoms with Crippen LogP contribution in [0.15, 0.2) is 81.2 Å². The molecule has 400 valence electrons. The number of methoxy groups -OCH3 is 1. The average Bonchev–Trinajstić information content (AvgIpc) is 3.28. The van der Waals surface area contributed by atoms with Gasteiger partial charge in [-0.15, -0.1) is 0 Å².